The fourth-order valence-corrected chi connectivity index (χ4v) is 2.94. The third-order valence-electron chi connectivity index (χ3n) is 4.53. The molecule has 0 unspecified atom stereocenters. The standard InChI is InChI=1S/C24H25NO4/c1-27-22-14-20(15-23(16-22)28-2)9-8-18-10-12-21(13-11-18)29-24(26)25-17-19-6-4-3-5-7-19/h3-7,10-16H,8-9,17H2,1-2H3,(H,25,26). The van der Waals surface area contributed by atoms with Crippen molar-refractivity contribution in [2.75, 3.05) is 14.2 Å². The van der Waals surface area contributed by atoms with Crippen molar-refractivity contribution < 1.29 is 19.0 Å². The molecule has 0 bridgehead atoms. The van der Waals surface area contributed by atoms with E-state index >= 15 is 0 Å². The van der Waals surface area contributed by atoms with Crippen LogP contribution in [0.5, 0.6) is 17.2 Å². The van der Waals surface area contributed by atoms with Gasteiger partial charge in [0.15, 0.2) is 0 Å². The Labute approximate surface area is 171 Å². The van der Waals surface area contributed by atoms with E-state index in [-0.39, 0.29) is 0 Å². The molecule has 0 aromatic heterocycles. The van der Waals surface area contributed by atoms with Crippen molar-refractivity contribution in [2.24, 2.45) is 0 Å². The van der Waals surface area contributed by atoms with E-state index in [0.29, 0.717) is 12.3 Å². The molecule has 0 aliphatic carbocycles. The monoisotopic (exact) mass is 391 g/mol. The summed E-state index contributed by atoms with van der Waals surface area (Å²) >= 11 is 0. The van der Waals surface area contributed by atoms with E-state index in [2.05, 4.69) is 5.32 Å². The molecule has 0 heterocycles. The first-order chi connectivity index (χ1) is 14.2. The van der Waals surface area contributed by atoms with Gasteiger partial charge in [-0.05, 0) is 53.8 Å². The minimum absolute atomic E-state index is 0.432. The lowest BCUT2D eigenvalue weighted by Gasteiger charge is -2.09. The maximum absolute atomic E-state index is 11.9. The molecule has 5 heteroatoms. The summed E-state index contributed by atoms with van der Waals surface area (Å²) in [6, 6.07) is 23.1. The van der Waals surface area contributed by atoms with E-state index < -0.39 is 6.09 Å². The molecule has 0 aliphatic rings. The average Bonchev–Trinajstić information content (AvgIpc) is 2.77. The topological polar surface area (TPSA) is 56.8 Å². The number of hydrogen-bond donors (Lipinski definition) is 1. The Morgan fingerprint density at radius 1 is 0.724 bits per heavy atom. The lowest BCUT2D eigenvalue weighted by atomic mass is 10.0. The Bertz CT molecular complexity index is 901. The van der Waals surface area contributed by atoms with Crippen LogP contribution in [0.4, 0.5) is 4.79 Å². The van der Waals surface area contributed by atoms with Crippen LogP contribution in [0.3, 0.4) is 0 Å². The molecule has 0 fully saturated rings. The van der Waals surface area contributed by atoms with Gasteiger partial charge in [0.2, 0.25) is 0 Å². The van der Waals surface area contributed by atoms with E-state index in [1.165, 1.54) is 0 Å². The number of methoxy groups -OCH3 is 2. The first-order valence-electron chi connectivity index (χ1n) is 9.47. The van der Waals surface area contributed by atoms with Gasteiger partial charge in [-0.2, -0.15) is 0 Å². The zero-order valence-corrected chi connectivity index (χ0v) is 16.7. The fourth-order valence-electron chi connectivity index (χ4n) is 2.94. The fraction of sp³-hybridized carbons (Fsp3) is 0.208. The minimum atomic E-state index is -0.468. The third kappa shape index (κ3) is 6.28. The van der Waals surface area contributed by atoms with E-state index in [4.69, 9.17) is 14.2 Å². The lowest BCUT2D eigenvalue weighted by molar-refractivity contribution is 0.200. The number of amides is 1. The highest BCUT2D eigenvalue weighted by Crippen LogP contribution is 2.23. The lowest BCUT2D eigenvalue weighted by Crippen LogP contribution is -2.26. The summed E-state index contributed by atoms with van der Waals surface area (Å²) in [5, 5.41) is 2.75. The van der Waals surface area contributed by atoms with Crippen molar-refractivity contribution >= 4 is 6.09 Å². The van der Waals surface area contributed by atoms with Crippen LogP contribution in [0.2, 0.25) is 0 Å². The molecule has 0 atom stereocenters. The smallest absolute Gasteiger partial charge is 0.412 e. The summed E-state index contributed by atoms with van der Waals surface area (Å²) in [6.45, 7) is 0.432. The van der Waals surface area contributed by atoms with Crippen LogP contribution in [0, 0.1) is 0 Å². The van der Waals surface area contributed by atoms with Gasteiger partial charge in [-0.15, -0.1) is 0 Å². The normalized spacial score (nSPS) is 10.3. The molecule has 0 spiro atoms. The maximum Gasteiger partial charge on any atom is 0.412 e. The summed E-state index contributed by atoms with van der Waals surface area (Å²) in [5.41, 5.74) is 3.32. The molecule has 0 aliphatic heterocycles. The third-order valence-corrected chi connectivity index (χ3v) is 4.53. The van der Waals surface area contributed by atoms with E-state index in [1.807, 2.05) is 72.8 Å². The van der Waals surface area contributed by atoms with Crippen LogP contribution >= 0.6 is 0 Å². The number of nitrogens with one attached hydrogen (secondary N) is 1. The van der Waals surface area contributed by atoms with Crippen molar-refractivity contribution in [1.29, 1.82) is 0 Å². The van der Waals surface area contributed by atoms with Crippen molar-refractivity contribution in [3.63, 3.8) is 0 Å². The SMILES string of the molecule is COc1cc(CCc2ccc(OC(=O)NCc3ccccc3)cc2)cc(OC)c1. The Balaban J connectivity index is 1.50. The van der Waals surface area contributed by atoms with Crippen molar-refractivity contribution in [2.45, 2.75) is 19.4 Å². The van der Waals surface area contributed by atoms with Crippen LogP contribution in [-0.2, 0) is 19.4 Å². The molecule has 5 nitrogen and oxygen atoms in total. The highest BCUT2D eigenvalue weighted by atomic mass is 16.6. The van der Waals surface area contributed by atoms with Gasteiger partial charge in [0, 0.05) is 12.6 Å². The van der Waals surface area contributed by atoms with Gasteiger partial charge in [-0.25, -0.2) is 4.79 Å². The molecule has 1 amide bonds. The summed E-state index contributed by atoms with van der Waals surface area (Å²) in [5.74, 6) is 2.08. The van der Waals surface area contributed by atoms with Gasteiger partial charge in [-0.1, -0.05) is 42.5 Å². The number of ether oxygens (including phenoxy) is 3. The largest absolute Gasteiger partial charge is 0.497 e. The molecule has 1 N–H and O–H groups in total. The highest BCUT2D eigenvalue weighted by molar-refractivity contribution is 5.70. The number of aryl methyl sites for hydroxylation is 2. The van der Waals surface area contributed by atoms with Crippen LogP contribution in [0.1, 0.15) is 16.7 Å². The first-order valence-corrected chi connectivity index (χ1v) is 9.47. The number of rotatable bonds is 8. The summed E-state index contributed by atoms with van der Waals surface area (Å²) in [7, 11) is 3.29. The molecule has 0 saturated carbocycles. The van der Waals surface area contributed by atoms with Crippen LogP contribution in [0.25, 0.3) is 0 Å². The second-order valence-electron chi connectivity index (χ2n) is 6.59. The highest BCUT2D eigenvalue weighted by Gasteiger charge is 2.06. The van der Waals surface area contributed by atoms with Gasteiger partial charge in [-0.3, -0.25) is 0 Å². The Morgan fingerprint density at radius 3 is 1.97 bits per heavy atom. The second-order valence-corrected chi connectivity index (χ2v) is 6.59. The van der Waals surface area contributed by atoms with Crippen molar-refractivity contribution in [3.05, 3.63) is 89.5 Å². The number of hydrogen-bond acceptors (Lipinski definition) is 4. The van der Waals surface area contributed by atoms with Crippen LogP contribution in [-0.4, -0.2) is 20.3 Å². The van der Waals surface area contributed by atoms with Crippen LogP contribution < -0.4 is 19.5 Å². The van der Waals surface area contributed by atoms with E-state index in [1.54, 1.807) is 14.2 Å². The molecule has 3 aromatic rings. The number of benzene rings is 3. The van der Waals surface area contributed by atoms with Crippen molar-refractivity contribution in [3.8, 4) is 17.2 Å². The van der Waals surface area contributed by atoms with Gasteiger partial charge in [0.05, 0.1) is 14.2 Å². The van der Waals surface area contributed by atoms with Gasteiger partial charge in [0.1, 0.15) is 17.2 Å². The number of carbonyl (C=O) groups is 1. The predicted molar refractivity (Wildman–Crippen MR) is 113 cm³/mol. The van der Waals surface area contributed by atoms with Gasteiger partial charge in [0.25, 0.3) is 0 Å². The van der Waals surface area contributed by atoms with E-state index in [0.717, 1.165) is 41.0 Å². The molecule has 150 valence electrons. The summed E-state index contributed by atoms with van der Waals surface area (Å²) < 4.78 is 16.0. The number of carbonyl (C=O) groups excluding carboxylic acids is 1. The van der Waals surface area contributed by atoms with Gasteiger partial charge >= 0.3 is 6.09 Å². The molecular weight excluding hydrogens is 366 g/mol. The maximum atomic E-state index is 11.9. The van der Waals surface area contributed by atoms with E-state index in [9.17, 15) is 4.79 Å². The zero-order chi connectivity index (χ0) is 20.5. The quantitative estimate of drug-likeness (QED) is 0.601. The molecule has 3 aromatic carbocycles. The van der Waals surface area contributed by atoms with Crippen molar-refractivity contribution in [1.82, 2.24) is 5.32 Å². The molecule has 29 heavy (non-hydrogen) atoms. The molecule has 0 radical (unpaired) electrons. The Kier molecular flexibility index (Phi) is 7.11. The Morgan fingerprint density at radius 2 is 1.34 bits per heavy atom. The molecule has 3 rings (SSSR count). The summed E-state index contributed by atoms with van der Waals surface area (Å²) in [6.07, 6.45) is 1.24. The van der Waals surface area contributed by atoms with Gasteiger partial charge < -0.3 is 19.5 Å². The first kappa shape index (κ1) is 20.3. The minimum Gasteiger partial charge on any atom is -0.497 e. The second kappa shape index (κ2) is 10.2. The summed E-state index contributed by atoms with van der Waals surface area (Å²) in [4.78, 5) is 11.9. The van der Waals surface area contributed by atoms with Crippen LogP contribution in [0.15, 0.2) is 72.8 Å². The average molecular weight is 391 g/mol. The molecular formula is C24H25NO4. The molecule has 0 saturated heterocycles. The predicted octanol–water partition coefficient (Wildman–Crippen LogP) is 4.78. The zero-order valence-electron chi connectivity index (χ0n) is 16.7. The Hall–Kier alpha value is -3.47.